The van der Waals surface area contributed by atoms with Crippen molar-refractivity contribution in [3.63, 3.8) is 0 Å². The maximum Gasteiger partial charge on any atom is 0.319 e. The molecular weight excluding hydrogens is 322 g/mol. The van der Waals surface area contributed by atoms with Crippen LogP contribution in [0.4, 0.5) is 10.5 Å². The average Bonchev–Trinajstić information content (AvgIpc) is 3.10. The lowest BCUT2D eigenvalue weighted by atomic mass is 10.1. The number of carbonyl (C=O) groups is 2. The van der Waals surface area contributed by atoms with Gasteiger partial charge in [0.25, 0.3) is 0 Å². The molecule has 0 spiro atoms. The molecule has 1 atom stereocenters. The maximum absolute atomic E-state index is 12.2. The summed E-state index contributed by atoms with van der Waals surface area (Å²) in [6, 6.07) is 4.39. The van der Waals surface area contributed by atoms with Crippen LogP contribution in [-0.2, 0) is 4.79 Å². The quantitative estimate of drug-likeness (QED) is 0.763. The lowest BCUT2D eigenvalue weighted by molar-refractivity contribution is -0.124. The highest BCUT2D eigenvalue weighted by atomic mass is 16.5. The molecule has 1 heterocycles. The smallest absolute Gasteiger partial charge is 0.319 e. The minimum Gasteiger partial charge on any atom is -0.493 e. The van der Waals surface area contributed by atoms with E-state index in [-0.39, 0.29) is 12.0 Å². The predicted octanol–water partition coefficient (Wildman–Crippen LogP) is 2.42. The highest BCUT2D eigenvalue weighted by Crippen LogP contribution is 2.33. The van der Waals surface area contributed by atoms with Gasteiger partial charge in [0.1, 0.15) is 6.04 Å². The number of benzene rings is 1. The maximum atomic E-state index is 12.2. The molecule has 1 aromatic rings. The Labute approximate surface area is 147 Å². The van der Waals surface area contributed by atoms with Crippen LogP contribution in [0.25, 0.3) is 0 Å². The minimum atomic E-state index is -0.485. The molecule has 136 valence electrons. The number of amides is 3. The third-order valence-electron chi connectivity index (χ3n) is 4.61. The molecule has 1 saturated carbocycles. The highest BCUT2D eigenvalue weighted by molar-refractivity contribution is 5.94. The van der Waals surface area contributed by atoms with Crippen molar-refractivity contribution in [2.24, 2.45) is 0 Å². The van der Waals surface area contributed by atoms with Crippen LogP contribution in [0.15, 0.2) is 18.2 Å². The Balaban J connectivity index is 1.62. The van der Waals surface area contributed by atoms with Crippen LogP contribution in [0.3, 0.4) is 0 Å². The van der Waals surface area contributed by atoms with Gasteiger partial charge in [0.05, 0.1) is 13.2 Å². The van der Waals surface area contributed by atoms with Gasteiger partial charge < -0.3 is 25.4 Å². The van der Waals surface area contributed by atoms with Gasteiger partial charge in [-0.3, -0.25) is 4.79 Å². The summed E-state index contributed by atoms with van der Waals surface area (Å²) in [6.07, 6.45) is 6.14. The molecule has 0 bridgehead atoms. The van der Waals surface area contributed by atoms with E-state index < -0.39 is 12.1 Å². The first-order chi connectivity index (χ1) is 12.2. The third-order valence-corrected chi connectivity index (χ3v) is 4.61. The summed E-state index contributed by atoms with van der Waals surface area (Å²) in [5, 5.41) is 8.21. The number of carbonyl (C=O) groups excluding carboxylic acids is 2. The molecule has 2 aliphatic rings. The minimum absolute atomic E-state index is 0.138. The van der Waals surface area contributed by atoms with Crippen molar-refractivity contribution in [1.29, 1.82) is 0 Å². The molecule has 0 aromatic heterocycles. The van der Waals surface area contributed by atoms with Crippen LogP contribution < -0.4 is 25.4 Å². The van der Waals surface area contributed by atoms with Crippen LogP contribution in [0.1, 0.15) is 38.5 Å². The van der Waals surface area contributed by atoms with Gasteiger partial charge in [0.2, 0.25) is 5.91 Å². The molecule has 7 nitrogen and oxygen atoms in total. The van der Waals surface area contributed by atoms with Crippen molar-refractivity contribution in [2.75, 3.05) is 19.0 Å². The Kier molecular flexibility index (Phi) is 5.63. The average molecular weight is 347 g/mol. The van der Waals surface area contributed by atoms with Crippen LogP contribution in [-0.4, -0.2) is 37.7 Å². The molecule has 1 aliphatic carbocycles. The van der Waals surface area contributed by atoms with Gasteiger partial charge in [-0.2, -0.15) is 0 Å². The van der Waals surface area contributed by atoms with E-state index in [2.05, 4.69) is 16.0 Å². The first-order valence-corrected chi connectivity index (χ1v) is 8.85. The molecule has 7 heteroatoms. The van der Waals surface area contributed by atoms with E-state index in [0.717, 1.165) is 19.3 Å². The first-order valence-electron chi connectivity index (χ1n) is 8.85. The number of rotatable bonds is 5. The van der Waals surface area contributed by atoms with Crippen molar-refractivity contribution in [3.05, 3.63) is 18.2 Å². The molecule has 0 unspecified atom stereocenters. The molecule has 3 amide bonds. The second kappa shape index (κ2) is 8.09. The number of urea groups is 1. The summed E-state index contributed by atoms with van der Waals surface area (Å²) in [7, 11) is 1.60. The Morgan fingerprint density at radius 1 is 1.16 bits per heavy atom. The molecular formula is C18H25N3O4. The lowest BCUT2D eigenvalue weighted by Gasteiger charge is -2.23. The zero-order chi connectivity index (χ0) is 17.6. The highest BCUT2D eigenvalue weighted by Gasteiger charge is 2.24. The van der Waals surface area contributed by atoms with E-state index >= 15 is 0 Å². The molecule has 1 aliphatic heterocycles. The lowest BCUT2D eigenvalue weighted by Crippen LogP contribution is -2.51. The van der Waals surface area contributed by atoms with E-state index in [1.54, 1.807) is 25.3 Å². The summed E-state index contributed by atoms with van der Waals surface area (Å²) in [5.41, 5.74) is 0.600. The molecule has 2 fully saturated rings. The molecule has 25 heavy (non-hydrogen) atoms. The van der Waals surface area contributed by atoms with Crippen molar-refractivity contribution in [3.8, 4) is 11.5 Å². The summed E-state index contributed by atoms with van der Waals surface area (Å²) in [5.74, 6) is 1.13. The first kappa shape index (κ1) is 17.4. The van der Waals surface area contributed by atoms with Gasteiger partial charge in [-0.15, -0.1) is 0 Å². The van der Waals surface area contributed by atoms with Crippen molar-refractivity contribution >= 4 is 17.6 Å². The standard InChI is InChI=1S/C18H25N3O4/c1-24-15-9-8-12(11-16(15)25-13-5-2-3-6-13)20-18(23)21-14-7-4-10-19-17(14)22/h8-9,11,13-14H,2-7,10H2,1H3,(H,19,22)(H2,20,21,23)/t14-/m1/s1. The number of piperidine rings is 1. The molecule has 1 saturated heterocycles. The summed E-state index contributed by atoms with van der Waals surface area (Å²) >= 11 is 0. The van der Waals surface area contributed by atoms with Gasteiger partial charge in [-0.1, -0.05) is 0 Å². The second-order valence-electron chi connectivity index (χ2n) is 6.47. The monoisotopic (exact) mass is 347 g/mol. The van der Waals surface area contributed by atoms with E-state index in [9.17, 15) is 9.59 Å². The normalized spacial score (nSPS) is 20.7. The van der Waals surface area contributed by atoms with E-state index in [0.29, 0.717) is 30.2 Å². The SMILES string of the molecule is COc1ccc(NC(=O)N[C@@H]2CCCNC2=O)cc1OC1CCCC1. The van der Waals surface area contributed by atoms with Gasteiger partial charge in [-0.05, 0) is 50.7 Å². The Morgan fingerprint density at radius 3 is 2.68 bits per heavy atom. The summed E-state index contributed by atoms with van der Waals surface area (Å²) in [6.45, 7) is 0.666. The number of methoxy groups -OCH3 is 1. The van der Waals surface area contributed by atoms with Gasteiger partial charge in [0, 0.05) is 18.3 Å². The van der Waals surface area contributed by atoms with Gasteiger partial charge in [0.15, 0.2) is 11.5 Å². The van der Waals surface area contributed by atoms with Crippen molar-refractivity contribution in [2.45, 2.75) is 50.7 Å². The van der Waals surface area contributed by atoms with E-state index in [1.165, 1.54) is 12.8 Å². The van der Waals surface area contributed by atoms with Gasteiger partial charge in [-0.25, -0.2) is 4.79 Å². The summed E-state index contributed by atoms with van der Waals surface area (Å²) < 4.78 is 11.4. The van der Waals surface area contributed by atoms with Crippen LogP contribution in [0.5, 0.6) is 11.5 Å². The fraction of sp³-hybridized carbons (Fsp3) is 0.556. The van der Waals surface area contributed by atoms with Gasteiger partial charge >= 0.3 is 6.03 Å². The Hall–Kier alpha value is -2.44. The zero-order valence-corrected chi connectivity index (χ0v) is 14.5. The van der Waals surface area contributed by atoms with Crippen LogP contribution in [0, 0.1) is 0 Å². The van der Waals surface area contributed by atoms with Crippen molar-refractivity contribution < 1.29 is 19.1 Å². The molecule has 3 rings (SSSR count). The Morgan fingerprint density at radius 2 is 1.96 bits per heavy atom. The molecule has 0 radical (unpaired) electrons. The predicted molar refractivity (Wildman–Crippen MR) is 94.1 cm³/mol. The molecule has 1 aromatic carbocycles. The number of hydrogen-bond donors (Lipinski definition) is 3. The largest absolute Gasteiger partial charge is 0.493 e. The van der Waals surface area contributed by atoms with E-state index in [4.69, 9.17) is 9.47 Å². The van der Waals surface area contributed by atoms with Crippen LogP contribution >= 0.6 is 0 Å². The molecule has 3 N–H and O–H groups in total. The second-order valence-corrected chi connectivity index (χ2v) is 6.47. The fourth-order valence-electron chi connectivity index (χ4n) is 3.27. The van der Waals surface area contributed by atoms with Crippen LogP contribution in [0.2, 0.25) is 0 Å². The number of nitrogens with one attached hydrogen (secondary N) is 3. The van der Waals surface area contributed by atoms with Crippen molar-refractivity contribution in [1.82, 2.24) is 10.6 Å². The number of hydrogen-bond acceptors (Lipinski definition) is 4. The Bertz CT molecular complexity index is 629. The zero-order valence-electron chi connectivity index (χ0n) is 14.5. The summed E-state index contributed by atoms with van der Waals surface area (Å²) in [4.78, 5) is 23.9. The number of ether oxygens (including phenoxy) is 2. The van der Waals surface area contributed by atoms with E-state index in [1.807, 2.05) is 0 Å². The number of anilines is 1. The fourth-order valence-corrected chi connectivity index (χ4v) is 3.27. The topological polar surface area (TPSA) is 88.7 Å². The third kappa shape index (κ3) is 4.55.